The molecule has 2 aromatic heterocycles. The molecule has 1 aliphatic heterocycles. The van der Waals surface area contributed by atoms with Crippen molar-refractivity contribution < 1.29 is 4.79 Å². The Labute approximate surface area is 149 Å². The van der Waals surface area contributed by atoms with Crippen molar-refractivity contribution in [1.29, 1.82) is 0 Å². The van der Waals surface area contributed by atoms with Gasteiger partial charge in [-0.2, -0.15) is 5.10 Å². The van der Waals surface area contributed by atoms with Crippen molar-refractivity contribution >= 4 is 5.91 Å². The predicted octanol–water partition coefficient (Wildman–Crippen LogP) is 2.39. The van der Waals surface area contributed by atoms with E-state index in [0.29, 0.717) is 6.42 Å². The third-order valence-corrected chi connectivity index (χ3v) is 4.87. The first-order chi connectivity index (χ1) is 12.0. The minimum atomic E-state index is 0.0911. The maximum atomic E-state index is 12.9. The average molecular weight is 341 g/mol. The van der Waals surface area contributed by atoms with Gasteiger partial charge in [0.05, 0.1) is 23.9 Å². The topological polar surface area (TPSA) is 65.1 Å². The minimum Gasteiger partial charge on any atom is -0.334 e. The number of hydrogen-bond acceptors (Lipinski definition) is 4. The maximum Gasteiger partial charge on any atom is 0.227 e. The third kappa shape index (κ3) is 3.90. The summed E-state index contributed by atoms with van der Waals surface area (Å²) in [5.41, 5.74) is 5.09. The lowest BCUT2D eigenvalue weighted by molar-refractivity contribution is -0.131. The van der Waals surface area contributed by atoms with Crippen LogP contribution in [0.3, 0.4) is 0 Å². The van der Waals surface area contributed by atoms with Crippen LogP contribution in [0, 0.1) is 13.8 Å². The summed E-state index contributed by atoms with van der Waals surface area (Å²) in [5, 5.41) is 7.15. The fourth-order valence-electron chi connectivity index (χ4n) is 3.55. The van der Waals surface area contributed by atoms with Gasteiger partial charge < -0.3 is 9.80 Å². The smallest absolute Gasteiger partial charge is 0.227 e. The Kier molecular flexibility index (Phi) is 5.18. The molecule has 6 heteroatoms. The quantitative estimate of drug-likeness (QED) is 0.907. The molecule has 1 unspecified atom stereocenters. The van der Waals surface area contributed by atoms with Crippen LogP contribution in [0.5, 0.6) is 0 Å². The Morgan fingerprint density at radius 2 is 2.16 bits per heavy atom. The molecule has 1 N–H and O–H groups in total. The van der Waals surface area contributed by atoms with E-state index in [-0.39, 0.29) is 11.9 Å². The zero-order valence-corrected chi connectivity index (χ0v) is 15.5. The van der Waals surface area contributed by atoms with E-state index < -0.39 is 0 Å². The Hall–Kier alpha value is -2.21. The number of carbonyl (C=O) groups excluding carboxylic acids is 1. The molecular formula is C19H27N5O. The molecular weight excluding hydrogens is 314 g/mol. The molecule has 1 aliphatic rings. The van der Waals surface area contributed by atoms with Crippen molar-refractivity contribution in [2.45, 2.75) is 45.7 Å². The number of aromatic nitrogens is 3. The molecule has 0 saturated carbocycles. The SMILES string of the molecule is Cc1n[nH]c(C)c1CC(=O)N1CCCC1c1ccc(CN(C)C)cn1. The van der Waals surface area contributed by atoms with E-state index in [2.05, 4.69) is 32.2 Å². The van der Waals surface area contributed by atoms with Gasteiger partial charge in [0.1, 0.15) is 0 Å². The van der Waals surface area contributed by atoms with Crippen LogP contribution in [-0.2, 0) is 17.8 Å². The number of nitrogens with one attached hydrogen (secondary N) is 1. The molecule has 1 atom stereocenters. The standard InChI is InChI=1S/C19H27N5O/c1-13-16(14(2)22-21-13)10-19(25)24-9-5-6-18(24)17-8-7-15(11-20-17)12-23(3)4/h7-8,11,18H,5-6,9-10,12H2,1-4H3,(H,21,22). The predicted molar refractivity (Wildman–Crippen MR) is 97.1 cm³/mol. The van der Waals surface area contributed by atoms with Crippen LogP contribution in [0.1, 0.15) is 47.1 Å². The van der Waals surface area contributed by atoms with Crippen LogP contribution in [0.25, 0.3) is 0 Å². The molecule has 0 aromatic carbocycles. The van der Waals surface area contributed by atoms with Crippen LogP contribution >= 0.6 is 0 Å². The van der Waals surface area contributed by atoms with Crippen molar-refractivity contribution in [3.8, 4) is 0 Å². The van der Waals surface area contributed by atoms with Crippen molar-refractivity contribution in [3.63, 3.8) is 0 Å². The van der Waals surface area contributed by atoms with Crippen molar-refractivity contribution in [2.24, 2.45) is 0 Å². The molecule has 0 radical (unpaired) electrons. The fraction of sp³-hybridized carbons (Fsp3) is 0.526. The van der Waals surface area contributed by atoms with Gasteiger partial charge in [-0.15, -0.1) is 0 Å². The average Bonchev–Trinajstić information content (AvgIpc) is 3.17. The second-order valence-corrected chi connectivity index (χ2v) is 7.16. The lowest BCUT2D eigenvalue weighted by atomic mass is 10.1. The number of likely N-dealkylation sites (tertiary alicyclic amines) is 1. The zero-order valence-electron chi connectivity index (χ0n) is 15.5. The Morgan fingerprint density at radius 1 is 1.36 bits per heavy atom. The number of pyridine rings is 1. The van der Waals surface area contributed by atoms with Crippen LogP contribution < -0.4 is 0 Å². The highest BCUT2D eigenvalue weighted by Gasteiger charge is 2.31. The molecule has 134 valence electrons. The van der Waals surface area contributed by atoms with Gasteiger partial charge in [0, 0.05) is 30.5 Å². The van der Waals surface area contributed by atoms with E-state index in [1.807, 2.05) is 39.0 Å². The highest BCUT2D eigenvalue weighted by molar-refractivity contribution is 5.80. The number of H-pyrrole nitrogens is 1. The van der Waals surface area contributed by atoms with Crippen LogP contribution in [0.2, 0.25) is 0 Å². The molecule has 3 heterocycles. The number of aryl methyl sites for hydroxylation is 2. The van der Waals surface area contributed by atoms with E-state index in [1.165, 1.54) is 5.56 Å². The monoisotopic (exact) mass is 341 g/mol. The molecule has 0 bridgehead atoms. The fourth-order valence-corrected chi connectivity index (χ4v) is 3.55. The number of aromatic amines is 1. The molecule has 25 heavy (non-hydrogen) atoms. The van der Waals surface area contributed by atoms with Crippen molar-refractivity contribution in [2.75, 3.05) is 20.6 Å². The van der Waals surface area contributed by atoms with Crippen LogP contribution in [0.4, 0.5) is 0 Å². The molecule has 1 amide bonds. The summed E-state index contributed by atoms with van der Waals surface area (Å²) >= 11 is 0. The van der Waals surface area contributed by atoms with Crippen molar-refractivity contribution in [1.82, 2.24) is 25.0 Å². The normalized spacial score (nSPS) is 17.5. The first kappa shape index (κ1) is 17.6. The summed E-state index contributed by atoms with van der Waals surface area (Å²) in [5.74, 6) is 0.161. The highest BCUT2D eigenvalue weighted by atomic mass is 16.2. The van der Waals surface area contributed by atoms with Gasteiger partial charge in [-0.3, -0.25) is 14.9 Å². The summed E-state index contributed by atoms with van der Waals surface area (Å²) in [7, 11) is 4.09. The van der Waals surface area contributed by atoms with Crippen LogP contribution in [0.15, 0.2) is 18.3 Å². The van der Waals surface area contributed by atoms with E-state index in [0.717, 1.165) is 48.6 Å². The second-order valence-electron chi connectivity index (χ2n) is 7.16. The summed E-state index contributed by atoms with van der Waals surface area (Å²) in [6.07, 6.45) is 4.35. The molecule has 6 nitrogen and oxygen atoms in total. The molecule has 1 saturated heterocycles. The molecule has 0 aliphatic carbocycles. The largest absolute Gasteiger partial charge is 0.334 e. The maximum absolute atomic E-state index is 12.9. The summed E-state index contributed by atoms with van der Waals surface area (Å²) in [4.78, 5) is 21.6. The van der Waals surface area contributed by atoms with Gasteiger partial charge >= 0.3 is 0 Å². The number of nitrogens with zero attached hydrogens (tertiary/aromatic N) is 4. The van der Waals surface area contributed by atoms with E-state index in [4.69, 9.17) is 0 Å². The lowest BCUT2D eigenvalue weighted by Gasteiger charge is -2.24. The van der Waals surface area contributed by atoms with E-state index in [9.17, 15) is 4.79 Å². The van der Waals surface area contributed by atoms with Gasteiger partial charge in [0.25, 0.3) is 0 Å². The first-order valence-electron chi connectivity index (χ1n) is 8.85. The molecule has 2 aromatic rings. The van der Waals surface area contributed by atoms with Gasteiger partial charge in [-0.05, 0) is 52.4 Å². The zero-order chi connectivity index (χ0) is 18.0. The second kappa shape index (κ2) is 7.35. The first-order valence-corrected chi connectivity index (χ1v) is 8.85. The third-order valence-electron chi connectivity index (χ3n) is 4.87. The van der Waals surface area contributed by atoms with Gasteiger partial charge in [0.2, 0.25) is 5.91 Å². The minimum absolute atomic E-state index is 0.0911. The van der Waals surface area contributed by atoms with Crippen molar-refractivity contribution in [3.05, 3.63) is 46.5 Å². The number of hydrogen-bond donors (Lipinski definition) is 1. The van der Waals surface area contributed by atoms with Crippen LogP contribution in [-0.4, -0.2) is 51.5 Å². The Morgan fingerprint density at radius 3 is 2.76 bits per heavy atom. The summed E-state index contributed by atoms with van der Waals surface area (Å²) < 4.78 is 0. The van der Waals surface area contributed by atoms with E-state index >= 15 is 0 Å². The number of carbonyl (C=O) groups is 1. The Balaban J connectivity index is 1.72. The lowest BCUT2D eigenvalue weighted by Crippen LogP contribution is -2.32. The summed E-state index contributed by atoms with van der Waals surface area (Å²) in [6.45, 7) is 5.59. The highest BCUT2D eigenvalue weighted by Crippen LogP contribution is 2.31. The van der Waals surface area contributed by atoms with E-state index in [1.54, 1.807) is 0 Å². The van der Waals surface area contributed by atoms with Gasteiger partial charge in [-0.1, -0.05) is 6.07 Å². The Bertz CT molecular complexity index is 715. The summed E-state index contributed by atoms with van der Waals surface area (Å²) in [6, 6.07) is 4.28. The molecule has 1 fully saturated rings. The molecule has 0 spiro atoms. The molecule has 3 rings (SSSR count). The van der Waals surface area contributed by atoms with Gasteiger partial charge in [-0.25, -0.2) is 0 Å². The number of amides is 1. The number of rotatable bonds is 5. The van der Waals surface area contributed by atoms with Gasteiger partial charge in [0.15, 0.2) is 0 Å².